The van der Waals surface area contributed by atoms with Gasteiger partial charge in [-0.15, -0.1) is 0 Å². The van der Waals surface area contributed by atoms with Crippen LogP contribution in [0.25, 0.3) is 0 Å². The van der Waals surface area contributed by atoms with E-state index in [0.29, 0.717) is 11.3 Å². The Balaban J connectivity index is 2.45. The summed E-state index contributed by atoms with van der Waals surface area (Å²) in [5, 5.41) is 7.37. The Bertz CT molecular complexity index is 792. The van der Waals surface area contributed by atoms with Gasteiger partial charge < -0.3 is 5.73 Å². The maximum Gasteiger partial charge on any atom is 0.265 e. The predicted octanol–water partition coefficient (Wildman–Crippen LogP) is 1.33. The number of amidine groups is 1. The molecule has 110 valence electrons. The predicted molar refractivity (Wildman–Crippen MR) is 77.2 cm³/mol. The number of rotatable bonds is 4. The lowest BCUT2D eigenvalue weighted by molar-refractivity contribution is 0.587. The minimum atomic E-state index is -3.94. The van der Waals surface area contributed by atoms with Gasteiger partial charge in [0.1, 0.15) is 16.5 Å². The number of hydrogen-bond acceptors (Lipinski definition) is 4. The van der Waals surface area contributed by atoms with Crippen molar-refractivity contribution in [2.75, 3.05) is 11.4 Å². The summed E-state index contributed by atoms with van der Waals surface area (Å²) >= 11 is 0. The average Bonchev–Trinajstić information content (AvgIpc) is 2.46. The van der Waals surface area contributed by atoms with Crippen LogP contribution in [0.15, 0.2) is 47.6 Å². The first-order valence-corrected chi connectivity index (χ1v) is 7.30. The van der Waals surface area contributed by atoms with Crippen molar-refractivity contribution >= 4 is 21.5 Å². The number of hydrogen-bond donors (Lipinski definition) is 2. The van der Waals surface area contributed by atoms with Crippen LogP contribution in [0.4, 0.5) is 10.1 Å². The number of nitrogens with two attached hydrogens (primary N) is 1. The number of nitrogens with one attached hydrogen (secondary N) is 1. The zero-order chi connectivity index (χ0) is 15.6. The third-order valence-corrected chi connectivity index (χ3v) is 4.61. The maximum absolute atomic E-state index is 13.1. The monoisotopic (exact) mass is 308 g/mol. The van der Waals surface area contributed by atoms with Gasteiger partial charge in [-0.1, -0.05) is 12.1 Å². The van der Waals surface area contributed by atoms with Gasteiger partial charge in [-0.25, -0.2) is 12.8 Å². The minimum absolute atomic E-state index is 0.171. The second kappa shape index (κ2) is 5.49. The van der Waals surface area contributed by atoms with Crippen LogP contribution in [0.2, 0.25) is 0 Å². The molecule has 0 saturated heterocycles. The molecule has 1 aromatic carbocycles. The van der Waals surface area contributed by atoms with E-state index in [1.165, 1.54) is 13.1 Å². The molecule has 0 aliphatic carbocycles. The van der Waals surface area contributed by atoms with Crippen LogP contribution in [-0.2, 0) is 10.0 Å². The molecule has 21 heavy (non-hydrogen) atoms. The molecule has 0 bridgehead atoms. The van der Waals surface area contributed by atoms with Crippen molar-refractivity contribution in [3.63, 3.8) is 0 Å². The molecular weight excluding hydrogens is 295 g/mol. The molecule has 0 unspecified atom stereocenters. The Hall–Kier alpha value is -2.48. The summed E-state index contributed by atoms with van der Waals surface area (Å²) in [4.78, 5) is 3.29. The zero-order valence-electron chi connectivity index (χ0n) is 11.1. The Morgan fingerprint density at radius 2 is 2.05 bits per heavy atom. The SMILES string of the molecule is CN(c1cccc(C(=N)N)c1)S(=O)(=O)c1cncc(F)c1. The Morgan fingerprint density at radius 1 is 1.33 bits per heavy atom. The van der Waals surface area contributed by atoms with Crippen molar-refractivity contribution in [3.8, 4) is 0 Å². The van der Waals surface area contributed by atoms with E-state index in [2.05, 4.69) is 4.98 Å². The number of aromatic nitrogens is 1. The van der Waals surface area contributed by atoms with Gasteiger partial charge in [0.15, 0.2) is 0 Å². The molecule has 0 spiro atoms. The molecule has 2 aromatic rings. The molecule has 3 N–H and O–H groups in total. The molecule has 6 nitrogen and oxygen atoms in total. The zero-order valence-corrected chi connectivity index (χ0v) is 11.9. The van der Waals surface area contributed by atoms with E-state index in [1.807, 2.05) is 0 Å². The van der Waals surface area contributed by atoms with Crippen LogP contribution in [0.1, 0.15) is 5.56 Å². The Morgan fingerprint density at radius 3 is 2.67 bits per heavy atom. The fraction of sp³-hybridized carbons (Fsp3) is 0.0769. The van der Waals surface area contributed by atoms with Gasteiger partial charge in [-0.05, 0) is 18.2 Å². The van der Waals surface area contributed by atoms with Gasteiger partial charge in [0.05, 0.1) is 11.9 Å². The highest BCUT2D eigenvalue weighted by molar-refractivity contribution is 7.92. The van der Waals surface area contributed by atoms with Crippen LogP contribution >= 0.6 is 0 Å². The summed E-state index contributed by atoms with van der Waals surface area (Å²) in [6.07, 6.45) is 2.00. The highest BCUT2D eigenvalue weighted by Crippen LogP contribution is 2.22. The number of halogens is 1. The minimum Gasteiger partial charge on any atom is -0.384 e. The van der Waals surface area contributed by atoms with Crippen LogP contribution in [0.5, 0.6) is 0 Å². The molecule has 8 heteroatoms. The largest absolute Gasteiger partial charge is 0.384 e. The molecule has 2 rings (SSSR count). The van der Waals surface area contributed by atoms with E-state index in [0.717, 1.165) is 22.8 Å². The van der Waals surface area contributed by atoms with Crippen molar-refractivity contribution < 1.29 is 12.8 Å². The van der Waals surface area contributed by atoms with Gasteiger partial charge in [-0.2, -0.15) is 0 Å². The third kappa shape index (κ3) is 3.00. The first-order valence-electron chi connectivity index (χ1n) is 5.86. The van der Waals surface area contributed by atoms with Crippen molar-refractivity contribution in [2.45, 2.75) is 4.90 Å². The smallest absolute Gasteiger partial charge is 0.265 e. The first kappa shape index (κ1) is 14.9. The molecular formula is C13H13FN4O2S. The van der Waals surface area contributed by atoms with Crippen LogP contribution in [-0.4, -0.2) is 26.3 Å². The number of sulfonamides is 1. The summed E-state index contributed by atoms with van der Waals surface area (Å²) in [6, 6.07) is 7.09. The lowest BCUT2D eigenvalue weighted by atomic mass is 10.2. The quantitative estimate of drug-likeness (QED) is 0.657. The molecule has 0 amide bonds. The van der Waals surface area contributed by atoms with Gasteiger partial charge in [0.2, 0.25) is 0 Å². The lowest BCUT2D eigenvalue weighted by Crippen LogP contribution is -2.27. The fourth-order valence-corrected chi connectivity index (χ4v) is 2.86. The summed E-state index contributed by atoms with van der Waals surface area (Å²) < 4.78 is 38.9. The van der Waals surface area contributed by atoms with Gasteiger partial charge in [-0.3, -0.25) is 14.7 Å². The lowest BCUT2D eigenvalue weighted by Gasteiger charge is -2.19. The summed E-state index contributed by atoms with van der Waals surface area (Å²) in [7, 11) is -2.60. The Kier molecular flexibility index (Phi) is 3.90. The summed E-state index contributed by atoms with van der Waals surface area (Å²) in [6.45, 7) is 0. The van der Waals surface area contributed by atoms with Crippen LogP contribution in [0, 0.1) is 11.2 Å². The molecule has 0 saturated carbocycles. The van der Waals surface area contributed by atoms with Crippen molar-refractivity contribution in [2.24, 2.45) is 5.73 Å². The second-order valence-corrected chi connectivity index (χ2v) is 6.24. The molecule has 0 fully saturated rings. The van der Waals surface area contributed by atoms with Gasteiger partial charge in [0, 0.05) is 18.8 Å². The summed E-state index contributed by atoms with van der Waals surface area (Å²) in [5.74, 6) is -0.906. The van der Waals surface area contributed by atoms with Gasteiger partial charge in [0.25, 0.3) is 10.0 Å². The normalized spacial score (nSPS) is 11.1. The van der Waals surface area contributed by atoms with Crippen molar-refractivity contribution in [3.05, 3.63) is 54.1 Å². The van der Waals surface area contributed by atoms with E-state index < -0.39 is 15.8 Å². The average molecular weight is 308 g/mol. The fourth-order valence-electron chi connectivity index (χ4n) is 1.70. The van der Waals surface area contributed by atoms with Crippen molar-refractivity contribution in [1.29, 1.82) is 5.41 Å². The molecule has 0 radical (unpaired) electrons. The summed E-state index contributed by atoms with van der Waals surface area (Å²) in [5.41, 5.74) is 6.09. The van der Waals surface area contributed by atoms with E-state index in [-0.39, 0.29) is 10.7 Å². The molecule has 0 aliphatic heterocycles. The number of pyridine rings is 1. The van der Waals surface area contributed by atoms with Gasteiger partial charge >= 0.3 is 0 Å². The van der Waals surface area contributed by atoms with Crippen LogP contribution in [0.3, 0.4) is 0 Å². The third-order valence-electron chi connectivity index (χ3n) is 2.86. The molecule has 1 heterocycles. The Labute approximate surface area is 121 Å². The van der Waals surface area contributed by atoms with E-state index in [4.69, 9.17) is 11.1 Å². The number of nitrogens with zero attached hydrogens (tertiary/aromatic N) is 2. The second-order valence-electron chi connectivity index (χ2n) is 4.28. The number of nitrogen functional groups attached to an aromatic ring is 1. The number of benzene rings is 1. The number of anilines is 1. The van der Waals surface area contributed by atoms with Crippen molar-refractivity contribution in [1.82, 2.24) is 4.98 Å². The highest BCUT2D eigenvalue weighted by Gasteiger charge is 2.22. The first-order chi connectivity index (χ1) is 9.82. The van der Waals surface area contributed by atoms with E-state index in [9.17, 15) is 12.8 Å². The standard InChI is InChI=1S/C13H13FN4O2S/c1-18(11-4-2-3-9(5-11)13(15)16)21(19,20)12-6-10(14)7-17-8-12/h2-8H,1H3,(H3,15,16). The topological polar surface area (TPSA) is 100 Å². The highest BCUT2D eigenvalue weighted by atomic mass is 32.2. The maximum atomic E-state index is 13.1. The van der Waals surface area contributed by atoms with E-state index >= 15 is 0 Å². The molecule has 1 aromatic heterocycles. The molecule has 0 atom stereocenters. The van der Waals surface area contributed by atoms with Crippen LogP contribution < -0.4 is 10.0 Å². The molecule has 0 aliphatic rings. The van der Waals surface area contributed by atoms with E-state index in [1.54, 1.807) is 18.2 Å².